The summed E-state index contributed by atoms with van der Waals surface area (Å²) in [4.78, 5) is 23.7. The summed E-state index contributed by atoms with van der Waals surface area (Å²) in [7, 11) is 1.61. The first-order valence-corrected chi connectivity index (χ1v) is 7.77. The lowest BCUT2D eigenvalue weighted by Gasteiger charge is -2.12. The number of amides is 1. The lowest BCUT2D eigenvalue weighted by molar-refractivity contribution is 0.0963. The first kappa shape index (κ1) is 15.8. The van der Waals surface area contributed by atoms with Crippen LogP contribution in [0.2, 0.25) is 0 Å². The molecule has 1 aromatic carbocycles. The molecule has 0 aliphatic heterocycles. The summed E-state index contributed by atoms with van der Waals surface area (Å²) in [6.45, 7) is 4.12. The number of rotatable bonds is 5. The van der Waals surface area contributed by atoms with E-state index in [2.05, 4.69) is 44.7 Å². The van der Waals surface area contributed by atoms with Crippen LogP contribution in [0.1, 0.15) is 24.2 Å². The van der Waals surface area contributed by atoms with Crippen LogP contribution in [0.5, 0.6) is 0 Å². The molecule has 7 nitrogen and oxygen atoms in total. The van der Waals surface area contributed by atoms with Gasteiger partial charge in [0, 0.05) is 30.5 Å². The second-order valence-corrected chi connectivity index (χ2v) is 5.72. The van der Waals surface area contributed by atoms with Crippen LogP contribution in [0.15, 0.2) is 36.5 Å². The molecule has 0 saturated carbocycles. The molecule has 0 aliphatic carbocycles. The van der Waals surface area contributed by atoms with Gasteiger partial charge in [0.1, 0.15) is 11.5 Å². The molecule has 0 aliphatic rings. The second kappa shape index (κ2) is 6.57. The summed E-state index contributed by atoms with van der Waals surface area (Å²) in [5.41, 5.74) is 2.17. The zero-order valence-electron chi connectivity index (χ0n) is 13.8. The molecule has 2 aromatic heterocycles. The van der Waals surface area contributed by atoms with Crippen LogP contribution >= 0.6 is 0 Å². The van der Waals surface area contributed by atoms with Crippen LogP contribution in [0.4, 0.5) is 17.5 Å². The highest BCUT2D eigenvalue weighted by Crippen LogP contribution is 2.23. The maximum atomic E-state index is 11.6. The maximum absolute atomic E-state index is 11.6. The Morgan fingerprint density at radius 2 is 1.88 bits per heavy atom. The number of carbonyl (C=O) groups is 1. The largest absolute Gasteiger partial charge is 0.367 e. The van der Waals surface area contributed by atoms with E-state index in [0.717, 1.165) is 22.5 Å². The molecule has 4 N–H and O–H groups in total. The fourth-order valence-electron chi connectivity index (χ4n) is 2.36. The molecule has 0 radical (unpaired) electrons. The molecule has 0 atom stereocenters. The Hall–Kier alpha value is -3.09. The summed E-state index contributed by atoms with van der Waals surface area (Å²) in [6, 6.07) is 9.35. The van der Waals surface area contributed by atoms with Gasteiger partial charge in [0.05, 0.1) is 5.39 Å². The van der Waals surface area contributed by atoms with Gasteiger partial charge in [-0.1, -0.05) is 0 Å². The lowest BCUT2D eigenvalue weighted by Crippen LogP contribution is -2.17. The van der Waals surface area contributed by atoms with Gasteiger partial charge in [-0.15, -0.1) is 0 Å². The number of anilines is 3. The van der Waals surface area contributed by atoms with Gasteiger partial charge < -0.3 is 20.9 Å². The third-order valence-corrected chi connectivity index (χ3v) is 3.47. The Morgan fingerprint density at radius 3 is 2.54 bits per heavy atom. The van der Waals surface area contributed by atoms with Crippen molar-refractivity contribution >= 4 is 34.4 Å². The molecule has 7 heteroatoms. The van der Waals surface area contributed by atoms with E-state index >= 15 is 0 Å². The maximum Gasteiger partial charge on any atom is 0.251 e. The van der Waals surface area contributed by atoms with E-state index in [1.807, 2.05) is 24.4 Å². The highest BCUT2D eigenvalue weighted by atomic mass is 16.1. The molecule has 0 bridgehead atoms. The van der Waals surface area contributed by atoms with Crippen molar-refractivity contribution in [3.8, 4) is 0 Å². The summed E-state index contributed by atoms with van der Waals surface area (Å²) >= 11 is 0. The Balaban J connectivity index is 1.88. The summed E-state index contributed by atoms with van der Waals surface area (Å²) in [5.74, 6) is 1.15. The molecule has 124 valence electrons. The van der Waals surface area contributed by atoms with Crippen LogP contribution in [0, 0.1) is 0 Å². The van der Waals surface area contributed by atoms with Crippen molar-refractivity contribution in [2.75, 3.05) is 17.7 Å². The van der Waals surface area contributed by atoms with Crippen molar-refractivity contribution in [2.24, 2.45) is 0 Å². The predicted octanol–water partition coefficient (Wildman–Crippen LogP) is 2.88. The molecular formula is C17H20N6O. The van der Waals surface area contributed by atoms with Gasteiger partial charge in [-0.3, -0.25) is 4.79 Å². The minimum absolute atomic E-state index is 0.117. The van der Waals surface area contributed by atoms with Crippen LogP contribution in [-0.2, 0) is 0 Å². The van der Waals surface area contributed by atoms with Crippen molar-refractivity contribution < 1.29 is 4.79 Å². The van der Waals surface area contributed by atoms with Gasteiger partial charge in [0.25, 0.3) is 5.91 Å². The molecule has 0 spiro atoms. The number of benzene rings is 1. The standard InChI is InChI=1S/C17H20N6O/c1-10(2)20-15-13-8-9-19-14(13)22-17(23-15)21-12-6-4-11(5-7-12)16(24)18-3/h4-10H,1-3H3,(H,18,24)(H3,19,20,21,22,23). The fourth-order valence-corrected chi connectivity index (χ4v) is 2.36. The van der Waals surface area contributed by atoms with Gasteiger partial charge in [-0.2, -0.15) is 9.97 Å². The Kier molecular flexibility index (Phi) is 4.33. The first-order chi connectivity index (χ1) is 11.6. The third-order valence-electron chi connectivity index (χ3n) is 3.47. The smallest absolute Gasteiger partial charge is 0.251 e. The van der Waals surface area contributed by atoms with Crippen molar-refractivity contribution in [1.29, 1.82) is 0 Å². The molecule has 1 amide bonds. The molecule has 24 heavy (non-hydrogen) atoms. The molecule has 2 heterocycles. The van der Waals surface area contributed by atoms with E-state index in [1.165, 1.54) is 0 Å². The van der Waals surface area contributed by atoms with Gasteiger partial charge in [-0.05, 0) is 44.2 Å². The average Bonchev–Trinajstić information content (AvgIpc) is 3.03. The van der Waals surface area contributed by atoms with Crippen molar-refractivity contribution in [3.63, 3.8) is 0 Å². The Bertz CT molecular complexity index is 853. The van der Waals surface area contributed by atoms with E-state index < -0.39 is 0 Å². The SMILES string of the molecule is CNC(=O)c1ccc(Nc2nc(NC(C)C)c3cc[nH]c3n2)cc1. The average molecular weight is 324 g/mol. The minimum atomic E-state index is -0.117. The monoisotopic (exact) mass is 324 g/mol. The Morgan fingerprint density at radius 1 is 1.12 bits per heavy atom. The molecule has 3 aromatic rings. The summed E-state index contributed by atoms with van der Waals surface area (Å²) in [5, 5.41) is 10.0. The molecule has 0 saturated heterocycles. The minimum Gasteiger partial charge on any atom is -0.367 e. The van der Waals surface area contributed by atoms with Crippen molar-refractivity contribution in [3.05, 3.63) is 42.1 Å². The van der Waals surface area contributed by atoms with Crippen LogP contribution in [0.3, 0.4) is 0 Å². The van der Waals surface area contributed by atoms with Crippen molar-refractivity contribution in [2.45, 2.75) is 19.9 Å². The van der Waals surface area contributed by atoms with E-state index in [4.69, 9.17) is 0 Å². The number of hydrogen-bond donors (Lipinski definition) is 4. The number of fused-ring (bicyclic) bond motifs is 1. The molecule has 0 unspecified atom stereocenters. The van der Waals surface area contributed by atoms with E-state index in [-0.39, 0.29) is 11.9 Å². The van der Waals surface area contributed by atoms with Gasteiger partial charge in [0.2, 0.25) is 5.95 Å². The van der Waals surface area contributed by atoms with Crippen molar-refractivity contribution in [1.82, 2.24) is 20.3 Å². The fraction of sp³-hybridized carbons (Fsp3) is 0.235. The summed E-state index contributed by atoms with van der Waals surface area (Å²) < 4.78 is 0. The van der Waals surface area contributed by atoms with Crippen LogP contribution in [0.25, 0.3) is 11.0 Å². The number of carbonyl (C=O) groups excluding carboxylic acids is 1. The zero-order chi connectivity index (χ0) is 17.1. The first-order valence-electron chi connectivity index (χ1n) is 7.77. The topological polar surface area (TPSA) is 94.7 Å². The molecule has 0 fully saturated rings. The van der Waals surface area contributed by atoms with Gasteiger partial charge in [0.15, 0.2) is 0 Å². The third kappa shape index (κ3) is 3.29. The van der Waals surface area contributed by atoms with E-state index in [9.17, 15) is 4.79 Å². The number of nitrogens with zero attached hydrogens (tertiary/aromatic N) is 2. The van der Waals surface area contributed by atoms with Gasteiger partial charge >= 0.3 is 0 Å². The Labute approximate surface area is 139 Å². The van der Waals surface area contributed by atoms with Crippen LogP contribution in [-0.4, -0.2) is 33.9 Å². The van der Waals surface area contributed by atoms with Crippen LogP contribution < -0.4 is 16.0 Å². The quantitative estimate of drug-likeness (QED) is 0.579. The molecule has 3 rings (SSSR count). The number of H-pyrrole nitrogens is 1. The highest BCUT2D eigenvalue weighted by molar-refractivity contribution is 5.94. The molecular weight excluding hydrogens is 304 g/mol. The number of aromatic amines is 1. The second-order valence-electron chi connectivity index (χ2n) is 5.72. The van der Waals surface area contributed by atoms with E-state index in [0.29, 0.717) is 11.5 Å². The van der Waals surface area contributed by atoms with Gasteiger partial charge in [-0.25, -0.2) is 0 Å². The number of aromatic nitrogens is 3. The highest BCUT2D eigenvalue weighted by Gasteiger charge is 2.10. The summed E-state index contributed by atoms with van der Waals surface area (Å²) in [6.07, 6.45) is 1.84. The van der Waals surface area contributed by atoms with E-state index in [1.54, 1.807) is 19.2 Å². The lowest BCUT2D eigenvalue weighted by atomic mass is 10.2. The number of hydrogen-bond acceptors (Lipinski definition) is 5. The predicted molar refractivity (Wildman–Crippen MR) is 95.8 cm³/mol. The zero-order valence-corrected chi connectivity index (χ0v) is 13.8. The number of nitrogens with one attached hydrogen (secondary N) is 4. The normalized spacial score (nSPS) is 10.8.